The molecule has 0 saturated carbocycles. The van der Waals surface area contributed by atoms with Gasteiger partial charge < -0.3 is 9.47 Å². The number of nitrogens with two attached hydrogens (primary N) is 1. The molecule has 0 rings (SSSR count). The van der Waals surface area contributed by atoms with E-state index in [9.17, 15) is 0 Å². The number of rotatable bonds is 9. The van der Waals surface area contributed by atoms with Crippen LogP contribution in [0.1, 0.15) is 26.7 Å². The lowest BCUT2D eigenvalue weighted by atomic mass is 9.97. The Morgan fingerprint density at radius 1 is 1.29 bits per heavy atom. The summed E-state index contributed by atoms with van der Waals surface area (Å²) < 4.78 is 10.3. The largest absolute Gasteiger partial charge is 0.385 e. The highest BCUT2D eigenvalue weighted by Crippen LogP contribution is 2.10. The van der Waals surface area contributed by atoms with Crippen molar-refractivity contribution in [2.24, 2.45) is 11.8 Å². The summed E-state index contributed by atoms with van der Waals surface area (Å²) >= 11 is 0. The van der Waals surface area contributed by atoms with Crippen molar-refractivity contribution in [3.8, 4) is 0 Å². The first kappa shape index (κ1) is 13.8. The van der Waals surface area contributed by atoms with Crippen molar-refractivity contribution in [3.63, 3.8) is 0 Å². The predicted molar refractivity (Wildman–Crippen MR) is 57.9 cm³/mol. The predicted octanol–water partition coefficient (Wildman–Crippen LogP) is 0.917. The fraction of sp³-hybridized carbons (Fsp3) is 1.00. The normalized spacial score (nSPS) is 15.4. The molecule has 0 aromatic heterocycles. The van der Waals surface area contributed by atoms with Gasteiger partial charge in [0.15, 0.2) is 0 Å². The Balaban J connectivity index is 3.62. The third-order valence-electron chi connectivity index (χ3n) is 2.46. The van der Waals surface area contributed by atoms with Gasteiger partial charge in [0.25, 0.3) is 0 Å². The second kappa shape index (κ2) is 9.40. The lowest BCUT2D eigenvalue weighted by Gasteiger charge is -2.22. The van der Waals surface area contributed by atoms with E-state index >= 15 is 0 Å². The maximum Gasteiger partial charge on any atom is 0.0481 e. The monoisotopic (exact) mass is 204 g/mol. The van der Waals surface area contributed by atoms with Crippen LogP contribution in [0.25, 0.3) is 0 Å². The minimum Gasteiger partial charge on any atom is -0.385 e. The molecule has 4 heteroatoms. The Labute approximate surface area is 87.1 Å². The minimum atomic E-state index is 0.316. The van der Waals surface area contributed by atoms with Crippen LogP contribution in [0.5, 0.6) is 0 Å². The highest BCUT2D eigenvalue weighted by atomic mass is 16.5. The molecule has 0 aliphatic rings. The molecule has 0 spiro atoms. The first-order valence-corrected chi connectivity index (χ1v) is 5.29. The van der Waals surface area contributed by atoms with Gasteiger partial charge in [-0.1, -0.05) is 6.92 Å². The summed E-state index contributed by atoms with van der Waals surface area (Å²) in [5.74, 6) is 6.00. The van der Waals surface area contributed by atoms with Crippen LogP contribution in [0.2, 0.25) is 0 Å². The molecule has 0 heterocycles. The van der Waals surface area contributed by atoms with Crippen LogP contribution in [0.4, 0.5) is 0 Å². The lowest BCUT2D eigenvalue weighted by molar-refractivity contribution is 0.121. The van der Waals surface area contributed by atoms with E-state index in [2.05, 4.69) is 12.3 Å². The Morgan fingerprint density at radius 3 is 2.50 bits per heavy atom. The van der Waals surface area contributed by atoms with E-state index in [1.807, 2.05) is 6.92 Å². The summed E-state index contributed by atoms with van der Waals surface area (Å²) in [5.41, 5.74) is 2.83. The van der Waals surface area contributed by atoms with Crippen molar-refractivity contribution in [1.82, 2.24) is 5.43 Å². The maximum absolute atomic E-state index is 5.48. The number of nitrogens with one attached hydrogen (secondary N) is 1. The van der Waals surface area contributed by atoms with Gasteiger partial charge in [0, 0.05) is 33.0 Å². The molecule has 4 nitrogen and oxygen atoms in total. The van der Waals surface area contributed by atoms with E-state index in [1.54, 1.807) is 7.11 Å². The second-order valence-corrected chi connectivity index (χ2v) is 3.52. The number of hydrogen-bond donors (Lipinski definition) is 2. The van der Waals surface area contributed by atoms with E-state index in [1.165, 1.54) is 0 Å². The second-order valence-electron chi connectivity index (χ2n) is 3.52. The SMILES string of the molecule is CCOCCC(NN)C(C)CCOC. The molecule has 0 fully saturated rings. The maximum atomic E-state index is 5.48. The van der Waals surface area contributed by atoms with Gasteiger partial charge in [-0.2, -0.15) is 0 Å². The van der Waals surface area contributed by atoms with Crippen LogP contribution in [-0.4, -0.2) is 33.0 Å². The van der Waals surface area contributed by atoms with Crippen LogP contribution >= 0.6 is 0 Å². The zero-order valence-electron chi connectivity index (χ0n) is 9.58. The molecule has 0 aromatic carbocycles. The fourth-order valence-corrected chi connectivity index (χ4v) is 1.39. The van der Waals surface area contributed by atoms with Gasteiger partial charge in [0.05, 0.1) is 0 Å². The molecule has 0 aliphatic carbocycles. The lowest BCUT2D eigenvalue weighted by Crippen LogP contribution is -2.41. The van der Waals surface area contributed by atoms with E-state index in [0.29, 0.717) is 12.0 Å². The summed E-state index contributed by atoms with van der Waals surface area (Å²) in [6.45, 7) is 6.50. The quantitative estimate of drug-likeness (QED) is 0.333. The first-order valence-electron chi connectivity index (χ1n) is 5.29. The molecule has 0 saturated heterocycles. The van der Waals surface area contributed by atoms with Crippen LogP contribution in [-0.2, 0) is 9.47 Å². The van der Waals surface area contributed by atoms with Crippen molar-refractivity contribution in [3.05, 3.63) is 0 Å². The number of hydrazine groups is 1. The summed E-state index contributed by atoms with van der Waals surface area (Å²) in [6.07, 6.45) is 1.98. The molecule has 0 bridgehead atoms. The zero-order valence-corrected chi connectivity index (χ0v) is 9.58. The van der Waals surface area contributed by atoms with Crippen molar-refractivity contribution in [2.75, 3.05) is 26.9 Å². The Kier molecular flexibility index (Phi) is 9.29. The van der Waals surface area contributed by atoms with Crippen LogP contribution in [0, 0.1) is 5.92 Å². The molecule has 0 amide bonds. The molecular formula is C10H24N2O2. The van der Waals surface area contributed by atoms with Gasteiger partial charge >= 0.3 is 0 Å². The van der Waals surface area contributed by atoms with Crippen LogP contribution in [0.3, 0.4) is 0 Å². The molecule has 0 aliphatic heterocycles. The third-order valence-corrected chi connectivity index (χ3v) is 2.46. The van der Waals surface area contributed by atoms with Gasteiger partial charge in [-0.05, 0) is 25.7 Å². The fourth-order valence-electron chi connectivity index (χ4n) is 1.39. The molecule has 2 unspecified atom stereocenters. The van der Waals surface area contributed by atoms with Crippen LogP contribution in [0.15, 0.2) is 0 Å². The van der Waals surface area contributed by atoms with Gasteiger partial charge in [-0.3, -0.25) is 11.3 Å². The van der Waals surface area contributed by atoms with Crippen molar-refractivity contribution >= 4 is 0 Å². The highest BCUT2D eigenvalue weighted by Gasteiger charge is 2.14. The third kappa shape index (κ3) is 6.32. The van der Waals surface area contributed by atoms with E-state index in [4.69, 9.17) is 15.3 Å². The van der Waals surface area contributed by atoms with Crippen molar-refractivity contribution < 1.29 is 9.47 Å². The number of ether oxygens (including phenoxy) is 2. The van der Waals surface area contributed by atoms with E-state index in [-0.39, 0.29) is 0 Å². The average Bonchev–Trinajstić information content (AvgIpc) is 2.21. The highest BCUT2D eigenvalue weighted by molar-refractivity contribution is 4.70. The molecule has 86 valence electrons. The zero-order chi connectivity index (χ0) is 10.8. The van der Waals surface area contributed by atoms with Gasteiger partial charge in [0.2, 0.25) is 0 Å². The number of hydrogen-bond acceptors (Lipinski definition) is 4. The van der Waals surface area contributed by atoms with Gasteiger partial charge in [-0.15, -0.1) is 0 Å². The molecule has 2 atom stereocenters. The van der Waals surface area contributed by atoms with Crippen LogP contribution < -0.4 is 11.3 Å². The molecule has 14 heavy (non-hydrogen) atoms. The van der Waals surface area contributed by atoms with Crippen molar-refractivity contribution in [2.45, 2.75) is 32.7 Å². The molecule has 3 N–H and O–H groups in total. The number of methoxy groups -OCH3 is 1. The Morgan fingerprint density at radius 2 is 2.00 bits per heavy atom. The average molecular weight is 204 g/mol. The van der Waals surface area contributed by atoms with Crippen molar-refractivity contribution in [1.29, 1.82) is 0 Å². The first-order chi connectivity index (χ1) is 6.76. The molecular weight excluding hydrogens is 180 g/mol. The Hall–Kier alpha value is -0.160. The smallest absolute Gasteiger partial charge is 0.0481 e. The standard InChI is InChI=1S/C10H24N2O2/c1-4-14-8-6-10(12-11)9(2)5-7-13-3/h9-10,12H,4-8,11H2,1-3H3. The summed E-state index contributed by atoms with van der Waals surface area (Å²) in [5, 5.41) is 0. The molecule has 0 aromatic rings. The van der Waals surface area contributed by atoms with Gasteiger partial charge in [-0.25, -0.2) is 0 Å². The van der Waals surface area contributed by atoms with E-state index in [0.717, 1.165) is 32.7 Å². The summed E-state index contributed by atoms with van der Waals surface area (Å²) in [7, 11) is 1.72. The Bertz CT molecular complexity index is 123. The van der Waals surface area contributed by atoms with E-state index < -0.39 is 0 Å². The topological polar surface area (TPSA) is 56.5 Å². The molecule has 0 radical (unpaired) electrons. The minimum absolute atomic E-state index is 0.316. The van der Waals surface area contributed by atoms with Gasteiger partial charge in [0.1, 0.15) is 0 Å². The summed E-state index contributed by atoms with van der Waals surface area (Å²) in [6, 6.07) is 0.316. The summed E-state index contributed by atoms with van der Waals surface area (Å²) in [4.78, 5) is 0.